The number of carbonyl (C=O) groups excluding carboxylic acids is 1. The van der Waals surface area contributed by atoms with Gasteiger partial charge in [-0.05, 0) is 36.2 Å². The van der Waals surface area contributed by atoms with Crippen LogP contribution in [0.3, 0.4) is 0 Å². The lowest BCUT2D eigenvalue weighted by Gasteiger charge is -2.15. The summed E-state index contributed by atoms with van der Waals surface area (Å²) in [5, 5.41) is 1.79. The maximum absolute atomic E-state index is 13.2. The summed E-state index contributed by atoms with van der Waals surface area (Å²) in [6.45, 7) is 3.20. The molecule has 1 N–H and O–H groups in total. The zero-order valence-electron chi connectivity index (χ0n) is 21.5. The van der Waals surface area contributed by atoms with E-state index in [1.807, 2.05) is 78.9 Å². The topological polar surface area (TPSA) is 82.7 Å². The summed E-state index contributed by atoms with van der Waals surface area (Å²) in [6, 6.07) is 25.8. The third-order valence-corrected chi connectivity index (χ3v) is 6.21. The van der Waals surface area contributed by atoms with E-state index in [0.717, 1.165) is 38.7 Å². The van der Waals surface area contributed by atoms with Crippen molar-refractivity contribution in [2.24, 2.45) is 0 Å². The molecule has 0 spiro atoms. The molecule has 38 heavy (non-hydrogen) atoms. The number of fused-ring (bicyclic) bond motifs is 3. The smallest absolute Gasteiger partial charge is 0.357 e. The number of nitrogens with zero attached hydrogens (tertiary/aromatic N) is 1. The van der Waals surface area contributed by atoms with Gasteiger partial charge >= 0.3 is 5.97 Å². The normalized spacial score (nSPS) is 12.1. The minimum atomic E-state index is -0.513. The Morgan fingerprint density at radius 3 is 2.32 bits per heavy atom. The zero-order valence-corrected chi connectivity index (χ0v) is 21.5. The standard InChI is InChI=1S/C31H30N2O5/c1-21(17-36-18-22-9-5-3-6-10-22)38-31(34)30-26(20-35-2)29-25-15-24(37-19-23-11-7-4-8-12-23)13-14-27(25)33-28(29)16-32-30/h3-16,21,33H,17-20H2,1-2H3. The quantitative estimate of drug-likeness (QED) is 0.213. The molecule has 7 nitrogen and oxygen atoms in total. The van der Waals surface area contributed by atoms with E-state index in [-0.39, 0.29) is 18.9 Å². The van der Waals surface area contributed by atoms with Crippen LogP contribution in [0.4, 0.5) is 0 Å². The molecule has 0 aliphatic heterocycles. The lowest BCUT2D eigenvalue weighted by Crippen LogP contribution is -2.22. The third-order valence-electron chi connectivity index (χ3n) is 6.21. The van der Waals surface area contributed by atoms with E-state index in [1.54, 1.807) is 20.2 Å². The molecule has 0 bridgehead atoms. The number of carbonyl (C=O) groups is 1. The number of rotatable bonds is 11. The molecule has 1 atom stereocenters. The predicted octanol–water partition coefficient (Wildman–Crippen LogP) is 6.20. The van der Waals surface area contributed by atoms with Crippen LogP contribution in [0, 0.1) is 0 Å². The monoisotopic (exact) mass is 510 g/mol. The molecule has 0 radical (unpaired) electrons. The summed E-state index contributed by atoms with van der Waals surface area (Å²) in [5.41, 5.74) is 4.77. The van der Waals surface area contributed by atoms with Gasteiger partial charge in [0.1, 0.15) is 18.5 Å². The van der Waals surface area contributed by atoms with Crippen LogP contribution in [0.1, 0.15) is 34.1 Å². The Morgan fingerprint density at radius 1 is 0.895 bits per heavy atom. The van der Waals surface area contributed by atoms with E-state index in [9.17, 15) is 4.79 Å². The van der Waals surface area contributed by atoms with Gasteiger partial charge in [-0.2, -0.15) is 0 Å². The van der Waals surface area contributed by atoms with Crippen molar-refractivity contribution in [1.82, 2.24) is 9.97 Å². The number of hydrogen-bond donors (Lipinski definition) is 1. The molecule has 0 fully saturated rings. The number of benzene rings is 3. The minimum absolute atomic E-state index is 0.204. The molecule has 0 saturated carbocycles. The Bertz CT molecular complexity index is 1520. The van der Waals surface area contributed by atoms with Crippen LogP contribution in [0.5, 0.6) is 5.75 Å². The molecule has 1 unspecified atom stereocenters. The first kappa shape index (κ1) is 25.4. The first-order valence-corrected chi connectivity index (χ1v) is 12.5. The molecule has 0 saturated heterocycles. The van der Waals surface area contributed by atoms with Crippen molar-refractivity contribution >= 4 is 27.8 Å². The van der Waals surface area contributed by atoms with Gasteiger partial charge in [-0.1, -0.05) is 60.7 Å². The van der Waals surface area contributed by atoms with Crippen LogP contribution >= 0.6 is 0 Å². The Balaban J connectivity index is 1.36. The second kappa shape index (κ2) is 11.9. The maximum Gasteiger partial charge on any atom is 0.357 e. The molecule has 0 amide bonds. The molecule has 0 aliphatic carbocycles. The number of ether oxygens (including phenoxy) is 4. The number of H-pyrrole nitrogens is 1. The third kappa shape index (κ3) is 5.85. The van der Waals surface area contributed by atoms with Gasteiger partial charge in [0, 0.05) is 29.0 Å². The summed E-state index contributed by atoms with van der Waals surface area (Å²) in [5.74, 6) is 0.219. The summed E-state index contributed by atoms with van der Waals surface area (Å²) < 4.78 is 23.0. The van der Waals surface area contributed by atoms with Crippen LogP contribution in [-0.4, -0.2) is 35.8 Å². The second-order valence-corrected chi connectivity index (χ2v) is 9.13. The molecule has 7 heteroatoms. The first-order valence-electron chi connectivity index (χ1n) is 12.5. The molecular weight excluding hydrogens is 480 g/mol. The molecule has 2 aromatic heterocycles. The van der Waals surface area contributed by atoms with Crippen molar-refractivity contribution in [2.75, 3.05) is 13.7 Å². The van der Waals surface area contributed by atoms with Gasteiger partial charge < -0.3 is 23.9 Å². The Labute approximate surface area is 221 Å². The highest BCUT2D eigenvalue weighted by atomic mass is 16.6. The number of pyridine rings is 1. The molecular formula is C31H30N2O5. The molecule has 0 aliphatic rings. The zero-order chi connectivity index (χ0) is 26.3. The number of aromatic amines is 1. The van der Waals surface area contributed by atoms with Gasteiger partial charge in [-0.25, -0.2) is 9.78 Å². The first-order chi connectivity index (χ1) is 18.6. The van der Waals surface area contributed by atoms with Gasteiger partial charge in [0.25, 0.3) is 0 Å². The predicted molar refractivity (Wildman–Crippen MR) is 146 cm³/mol. The number of aromatic nitrogens is 2. The highest BCUT2D eigenvalue weighted by Gasteiger charge is 2.22. The van der Waals surface area contributed by atoms with Crippen LogP contribution < -0.4 is 4.74 Å². The molecule has 5 aromatic rings. The Morgan fingerprint density at radius 2 is 1.61 bits per heavy atom. The van der Waals surface area contributed by atoms with Crippen molar-refractivity contribution in [3.8, 4) is 5.75 Å². The summed E-state index contributed by atoms with van der Waals surface area (Å²) in [6.07, 6.45) is 1.21. The van der Waals surface area contributed by atoms with E-state index < -0.39 is 12.1 Å². The number of methoxy groups -OCH3 is 1. The number of nitrogens with one attached hydrogen (secondary N) is 1. The fraction of sp³-hybridized carbons (Fsp3) is 0.226. The van der Waals surface area contributed by atoms with Gasteiger partial charge in [-0.3, -0.25) is 0 Å². The number of hydrogen-bond acceptors (Lipinski definition) is 6. The van der Waals surface area contributed by atoms with Gasteiger partial charge in [0.2, 0.25) is 0 Å². The molecule has 2 heterocycles. The van der Waals surface area contributed by atoms with Crippen LogP contribution in [0.15, 0.2) is 85.1 Å². The Kier molecular flexibility index (Phi) is 7.97. The Hall–Kier alpha value is -4.20. The summed E-state index contributed by atoms with van der Waals surface area (Å²) in [4.78, 5) is 21.0. The lowest BCUT2D eigenvalue weighted by atomic mass is 10.1. The second-order valence-electron chi connectivity index (χ2n) is 9.13. The minimum Gasteiger partial charge on any atom is -0.489 e. The number of esters is 1. The van der Waals surface area contributed by atoms with E-state index >= 15 is 0 Å². The van der Waals surface area contributed by atoms with Crippen molar-refractivity contribution in [3.05, 3.63) is 107 Å². The van der Waals surface area contributed by atoms with Gasteiger partial charge in [0.05, 0.1) is 31.5 Å². The summed E-state index contributed by atoms with van der Waals surface area (Å²) in [7, 11) is 1.59. The van der Waals surface area contributed by atoms with Crippen molar-refractivity contribution in [2.45, 2.75) is 32.8 Å². The fourth-order valence-corrected chi connectivity index (χ4v) is 4.42. The van der Waals surface area contributed by atoms with E-state index in [0.29, 0.717) is 18.8 Å². The van der Waals surface area contributed by atoms with Crippen molar-refractivity contribution < 1.29 is 23.7 Å². The lowest BCUT2D eigenvalue weighted by molar-refractivity contribution is -0.00237. The van der Waals surface area contributed by atoms with E-state index in [4.69, 9.17) is 18.9 Å². The highest BCUT2D eigenvalue weighted by Crippen LogP contribution is 2.33. The van der Waals surface area contributed by atoms with Crippen LogP contribution in [-0.2, 0) is 34.0 Å². The van der Waals surface area contributed by atoms with Crippen LogP contribution in [0.25, 0.3) is 21.8 Å². The van der Waals surface area contributed by atoms with Gasteiger partial charge in [-0.15, -0.1) is 0 Å². The molecule has 3 aromatic carbocycles. The van der Waals surface area contributed by atoms with Crippen molar-refractivity contribution in [3.63, 3.8) is 0 Å². The largest absolute Gasteiger partial charge is 0.489 e. The van der Waals surface area contributed by atoms with Crippen LogP contribution in [0.2, 0.25) is 0 Å². The average Bonchev–Trinajstić information content (AvgIpc) is 3.31. The van der Waals surface area contributed by atoms with Gasteiger partial charge in [0.15, 0.2) is 5.69 Å². The molecule has 5 rings (SSSR count). The summed E-state index contributed by atoms with van der Waals surface area (Å²) >= 11 is 0. The highest BCUT2D eigenvalue weighted by molar-refractivity contribution is 6.11. The van der Waals surface area contributed by atoms with E-state index in [2.05, 4.69) is 9.97 Å². The SMILES string of the molecule is COCc1c(C(=O)OC(C)COCc2ccccc2)ncc2[nH]c3ccc(OCc4ccccc4)cc3c12. The maximum atomic E-state index is 13.2. The average molecular weight is 511 g/mol. The fourth-order valence-electron chi connectivity index (χ4n) is 4.42. The van der Waals surface area contributed by atoms with E-state index in [1.165, 1.54) is 0 Å². The molecule has 194 valence electrons. The van der Waals surface area contributed by atoms with Crippen molar-refractivity contribution in [1.29, 1.82) is 0 Å².